The predicted octanol–water partition coefficient (Wildman–Crippen LogP) is 4.83. The smallest absolute Gasteiger partial charge is 0.416 e. The van der Waals surface area contributed by atoms with Crippen molar-refractivity contribution in [1.29, 1.82) is 0 Å². The number of alkyl halides is 5. The van der Waals surface area contributed by atoms with Gasteiger partial charge in [-0.05, 0) is 43.7 Å². The molecule has 0 amide bonds. The van der Waals surface area contributed by atoms with Gasteiger partial charge in [-0.3, -0.25) is 9.88 Å². The molecule has 1 aromatic carbocycles. The SMILES string of the molecule is COc1cc(C(F)(F)F)ccc1-c1nnc(N[C@@H]2CCCN(CCOC(F)F)C2)c2cnccc12. The van der Waals surface area contributed by atoms with E-state index in [4.69, 9.17) is 4.74 Å². The average molecular weight is 497 g/mol. The number of nitrogens with zero attached hydrogens (tertiary/aromatic N) is 4. The zero-order valence-electron chi connectivity index (χ0n) is 18.9. The van der Waals surface area contributed by atoms with Gasteiger partial charge in [-0.25, -0.2) is 0 Å². The number of benzene rings is 1. The van der Waals surface area contributed by atoms with Gasteiger partial charge in [-0.1, -0.05) is 0 Å². The average Bonchev–Trinajstić information content (AvgIpc) is 2.83. The molecule has 35 heavy (non-hydrogen) atoms. The number of anilines is 1. The van der Waals surface area contributed by atoms with Crippen molar-refractivity contribution in [3.63, 3.8) is 0 Å². The summed E-state index contributed by atoms with van der Waals surface area (Å²) in [7, 11) is 1.30. The summed E-state index contributed by atoms with van der Waals surface area (Å²) >= 11 is 0. The van der Waals surface area contributed by atoms with Gasteiger partial charge in [0.1, 0.15) is 11.4 Å². The van der Waals surface area contributed by atoms with E-state index in [2.05, 4.69) is 25.2 Å². The second-order valence-electron chi connectivity index (χ2n) is 8.15. The maximum Gasteiger partial charge on any atom is 0.416 e. The summed E-state index contributed by atoms with van der Waals surface area (Å²) in [5, 5.41) is 13.3. The first-order valence-electron chi connectivity index (χ1n) is 11.0. The van der Waals surface area contributed by atoms with Crippen LogP contribution in [0, 0.1) is 0 Å². The molecule has 1 saturated heterocycles. The minimum Gasteiger partial charge on any atom is -0.496 e. The zero-order valence-corrected chi connectivity index (χ0v) is 18.9. The van der Waals surface area contributed by atoms with E-state index in [0.29, 0.717) is 40.9 Å². The van der Waals surface area contributed by atoms with Gasteiger partial charge in [0, 0.05) is 47.9 Å². The lowest BCUT2D eigenvalue weighted by molar-refractivity contribution is -0.137. The van der Waals surface area contributed by atoms with Crippen LogP contribution >= 0.6 is 0 Å². The largest absolute Gasteiger partial charge is 0.496 e. The monoisotopic (exact) mass is 497 g/mol. The Morgan fingerprint density at radius 2 is 2.00 bits per heavy atom. The molecule has 1 aliphatic heterocycles. The third-order valence-electron chi connectivity index (χ3n) is 5.86. The fourth-order valence-electron chi connectivity index (χ4n) is 4.21. The van der Waals surface area contributed by atoms with Crippen molar-refractivity contribution in [2.75, 3.05) is 38.7 Å². The van der Waals surface area contributed by atoms with Crippen molar-refractivity contribution in [2.24, 2.45) is 0 Å². The molecule has 7 nitrogen and oxygen atoms in total. The highest BCUT2D eigenvalue weighted by Gasteiger charge is 2.32. The summed E-state index contributed by atoms with van der Waals surface area (Å²) in [5.41, 5.74) is -0.0808. The van der Waals surface area contributed by atoms with Gasteiger partial charge in [-0.2, -0.15) is 22.0 Å². The molecule has 0 saturated carbocycles. The maximum absolute atomic E-state index is 13.2. The van der Waals surface area contributed by atoms with Gasteiger partial charge in [-0.15, -0.1) is 10.2 Å². The molecule has 1 fully saturated rings. The molecular weight excluding hydrogens is 473 g/mol. The lowest BCUT2D eigenvalue weighted by Gasteiger charge is -2.33. The van der Waals surface area contributed by atoms with Gasteiger partial charge < -0.3 is 14.8 Å². The minimum absolute atomic E-state index is 0.000499. The van der Waals surface area contributed by atoms with Crippen LogP contribution in [0.4, 0.5) is 27.8 Å². The topological polar surface area (TPSA) is 72.4 Å². The Morgan fingerprint density at radius 3 is 2.74 bits per heavy atom. The van der Waals surface area contributed by atoms with Gasteiger partial charge in [0.05, 0.1) is 19.3 Å². The van der Waals surface area contributed by atoms with Crippen LogP contribution in [0.2, 0.25) is 0 Å². The Morgan fingerprint density at radius 1 is 1.17 bits per heavy atom. The fourth-order valence-corrected chi connectivity index (χ4v) is 4.21. The first kappa shape index (κ1) is 25.0. The summed E-state index contributed by atoms with van der Waals surface area (Å²) in [4.78, 5) is 6.22. The van der Waals surface area contributed by atoms with Crippen LogP contribution in [0.25, 0.3) is 22.0 Å². The van der Waals surface area contributed by atoms with E-state index in [-0.39, 0.29) is 18.4 Å². The Bertz CT molecular complexity index is 1160. The molecule has 3 heterocycles. The van der Waals surface area contributed by atoms with Crippen LogP contribution in [-0.4, -0.2) is 66.1 Å². The number of halogens is 5. The minimum atomic E-state index is -4.50. The van der Waals surface area contributed by atoms with Gasteiger partial charge in [0.15, 0.2) is 5.82 Å². The normalized spacial score (nSPS) is 17.2. The molecule has 1 N–H and O–H groups in total. The van der Waals surface area contributed by atoms with E-state index in [0.717, 1.165) is 31.5 Å². The molecule has 4 rings (SSSR count). The summed E-state index contributed by atoms with van der Waals surface area (Å²) in [6.45, 7) is -1.05. The molecule has 0 bridgehead atoms. The number of ether oxygens (including phenoxy) is 2. The number of aromatic nitrogens is 3. The zero-order chi connectivity index (χ0) is 25.0. The lowest BCUT2D eigenvalue weighted by Crippen LogP contribution is -2.43. The number of methoxy groups -OCH3 is 1. The van der Waals surface area contributed by atoms with Crippen LogP contribution in [0.3, 0.4) is 0 Å². The maximum atomic E-state index is 13.2. The molecule has 0 aliphatic carbocycles. The third-order valence-corrected chi connectivity index (χ3v) is 5.86. The van der Waals surface area contributed by atoms with Crippen molar-refractivity contribution in [2.45, 2.75) is 31.7 Å². The number of rotatable bonds is 8. The number of hydrogen-bond acceptors (Lipinski definition) is 7. The molecule has 188 valence electrons. The van der Waals surface area contributed by atoms with E-state index in [1.54, 1.807) is 18.5 Å². The molecular formula is C23H24F5N5O2. The van der Waals surface area contributed by atoms with Crippen molar-refractivity contribution in [1.82, 2.24) is 20.1 Å². The Balaban J connectivity index is 1.59. The van der Waals surface area contributed by atoms with Gasteiger partial charge in [0.25, 0.3) is 0 Å². The number of piperidine rings is 1. The number of fused-ring (bicyclic) bond motifs is 1. The molecule has 3 aromatic rings. The van der Waals surface area contributed by atoms with E-state index in [9.17, 15) is 22.0 Å². The Kier molecular flexibility index (Phi) is 7.60. The summed E-state index contributed by atoms with van der Waals surface area (Å²) in [6.07, 6.45) is 0.403. The fraction of sp³-hybridized carbons (Fsp3) is 0.435. The second-order valence-corrected chi connectivity index (χ2v) is 8.15. The highest BCUT2D eigenvalue weighted by atomic mass is 19.4. The van der Waals surface area contributed by atoms with Crippen molar-refractivity contribution in [3.05, 3.63) is 42.2 Å². The van der Waals surface area contributed by atoms with E-state index < -0.39 is 18.4 Å². The highest BCUT2D eigenvalue weighted by Crippen LogP contribution is 2.39. The third kappa shape index (κ3) is 5.93. The van der Waals surface area contributed by atoms with Crippen LogP contribution in [0.1, 0.15) is 18.4 Å². The summed E-state index contributed by atoms with van der Waals surface area (Å²) < 4.78 is 73.5. The standard InChI is InChI=1S/C23H24F5N5O2/c1-34-19-11-14(23(26,27)28)4-5-17(19)20-16-6-7-29-12-18(16)21(32-31-20)30-15-3-2-8-33(13-15)9-10-35-22(24)25/h4-7,11-12,15,22H,2-3,8-10,13H2,1H3,(H,30,32)/t15-/m1/s1. The van der Waals surface area contributed by atoms with Crippen molar-refractivity contribution >= 4 is 16.6 Å². The predicted molar refractivity (Wildman–Crippen MR) is 119 cm³/mol. The number of likely N-dealkylation sites (tertiary alicyclic amines) is 1. The van der Waals surface area contributed by atoms with E-state index >= 15 is 0 Å². The second kappa shape index (κ2) is 10.6. The molecule has 2 aromatic heterocycles. The van der Waals surface area contributed by atoms with Crippen molar-refractivity contribution in [3.8, 4) is 17.0 Å². The lowest BCUT2D eigenvalue weighted by atomic mass is 10.0. The number of pyridine rings is 1. The summed E-state index contributed by atoms with van der Waals surface area (Å²) in [5.74, 6) is 0.514. The molecule has 0 spiro atoms. The van der Waals surface area contributed by atoms with Gasteiger partial charge >= 0.3 is 12.8 Å². The van der Waals surface area contributed by atoms with Crippen LogP contribution in [0.5, 0.6) is 5.75 Å². The quantitative estimate of drug-likeness (QED) is 0.447. The first-order chi connectivity index (χ1) is 16.8. The molecule has 12 heteroatoms. The van der Waals surface area contributed by atoms with Crippen LogP contribution < -0.4 is 10.1 Å². The van der Waals surface area contributed by atoms with E-state index in [1.807, 2.05) is 4.90 Å². The first-order valence-corrected chi connectivity index (χ1v) is 11.0. The highest BCUT2D eigenvalue weighted by molar-refractivity contribution is 6.00. The molecule has 1 atom stereocenters. The number of hydrogen-bond donors (Lipinski definition) is 1. The van der Waals surface area contributed by atoms with Crippen LogP contribution in [-0.2, 0) is 10.9 Å². The molecule has 0 unspecified atom stereocenters. The number of nitrogens with one attached hydrogen (secondary N) is 1. The van der Waals surface area contributed by atoms with Crippen LogP contribution in [0.15, 0.2) is 36.7 Å². The van der Waals surface area contributed by atoms with E-state index in [1.165, 1.54) is 13.2 Å². The van der Waals surface area contributed by atoms with Crippen molar-refractivity contribution < 1.29 is 31.4 Å². The molecule has 0 radical (unpaired) electrons. The molecule has 1 aliphatic rings. The van der Waals surface area contributed by atoms with Gasteiger partial charge in [0.2, 0.25) is 0 Å². The Labute approximate surface area is 198 Å². The summed E-state index contributed by atoms with van der Waals surface area (Å²) in [6, 6.07) is 4.95. The Hall–Kier alpha value is -3.12.